The van der Waals surface area contributed by atoms with Crippen molar-refractivity contribution in [3.63, 3.8) is 0 Å². The second-order valence-electron chi connectivity index (χ2n) is 1.32. The van der Waals surface area contributed by atoms with Crippen molar-refractivity contribution in [1.82, 2.24) is 0 Å². The molecule has 1 rings (SSSR count). The van der Waals surface area contributed by atoms with E-state index >= 15 is 0 Å². The SMILES string of the molecule is Cc1c[n+]([O-])co1. The molecule has 1 aromatic heterocycles. The van der Waals surface area contributed by atoms with Gasteiger partial charge in [-0.15, -0.1) is 4.73 Å². The van der Waals surface area contributed by atoms with Crippen molar-refractivity contribution in [2.24, 2.45) is 0 Å². The summed E-state index contributed by atoms with van der Waals surface area (Å²) in [4.78, 5) is 0. The first-order valence-corrected chi connectivity index (χ1v) is 1.93. The van der Waals surface area contributed by atoms with Crippen LogP contribution in [0.5, 0.6) is 0 Å². The van der Waals surface area contributed by atoms with Gasteiger partial charge in [0.1, 0.15) is 0 Å². The molecule has 0 aliphatic heterocycles. The van der Waals surface area contributed by atoms with Gasteiger partial charge in [-0.25, -0.2) is 0 Å². The van der Waals surface area contributed by atoms with E-state index in [-0.39, 0.29) is 0 Å². The number of oxazole rings is 1. The zero-order chi connectivity index (χ0) is 5.28. The first kappa shape index (κ1) is 4.18. The lowest BCUT2D eigenvalue weighted by atomic mass is 10.6. The fourth-order valence-corrected chi connectivity index (χ4v) is 0.375. The topological polar surface area (TPSA) is 40.1 Å². The molecule has 0 amide bonds. The molecule has 0 aliphatic carbocycles. The summed E-state index contributed by atoms with van der Waals surface area (Å²) in [6.07, 6.45) is 2.47. The predicted octanol–water partition coefficient (Wildman–Crippen LogP) is 0.221. The molecule has 0 unspecified atom stereocenters. The van der Waals surface area contributed by atoms with Gasteiger partial charge in [0.25, 0.3) is 0 Å². The first-order valence-electron chi connectivity index (χ1n) is 1.93. The van der Waals surface area contributed by atoms with Crippen molar-refractivity contribution in [1.29, 1.82) is 0 Å². The van der Waals surface area contributed by atoms with Crippen LogP contribution in [0.1, 0.15) is 5.76 Å². The molecule has 0 N–H and O–H groups in total. The third-order valence-electron chi connectivity index (χ3n) is 0.652. The number of rotatable bonds is 0. The van der Waals surface area contributed by atoms with E-state index in [0.29, 0.717) is 10.5 Å². The molecule has 0 atom stereocenters. The highest BCUT2D eigenvalue weighted by atomic mass is 16.5. The lowest BCUT2D eigenvalue weighted by molar-refractivity contribution is -0.608. The molecule has 0 saturated heterocycles. The summed E-state index contributed by atoms with van der Waals surface area (Å²) in [5.41, 5.74) is 0. The summed E-state index contributed by atoms with van der Waals surface area (Å²) in [7, 11) is 0. The minimum Gasteiger partial charge on any atom is -0.616 e. The minimum atomic E-state index is 0.620. The third kappa shape index (κ3) is 0.707. The van der Waals surface area contributed by atoms with Gasteiger partial charge in [-0.2, -0.15) is 0 Å². The Hall–Kier alpha value is -0.990. The summed E-state index contributed by atoms with van der Waals surface area (Å²) >= 11 is 0. The summed E-state index contributed by atoms with van der Waals surface area (Å²) in [5, 5.41) is 10.1. The molecule has 3 heteroatoms. The van der Waals surface area contributed by atoms with Crippen LogP contribution in [0.2, 0.25) is 0 Å². The van der Waals surface area contributed by atoms with Crippen LogP contribution in [0, 0.1) is 12.1 Å². The standard InChI is InChI=1S/C4H5NO2/c1-4-2-5(6)3-7-4/h2-3H,1H3. The number of aromatic nitrogens is 1. The van der Waals surface area contributed by atoms with Gasteiger partial charge in [0, 0.05) is 6.92 Å². The van der Waals surface area contributed by atoms with Crippen molar-refractivity contribution in [3.8, 4) is 0 Å². The first-order chi connectivity index (χ1) is 3.29. The number of hydrogen-bond acceptors (Lipinski definition) is 2. The molecule has 1 aromatic rings. The Kier molecular flexibility index (Phi) is 0.749. The van der Waals surface area contributed by atoms with Gasteiger partial charge in [-0.05, 0) is 0 Å². The van der Waals surface area contributed by atoms with Gasteiger partial charge in [0.15, 0.2) is 5.76 Å². The highest BCUT2D eigenvalue weighted by Gasteiger charge is 1.91. The Morgan fingerprint density at radius 1 is 1.86 bits per heavy atom. The molecule has 0 bridgehead atoms. The summed E-state index contributed by atoms with van der Waals surface area (Å²) in [5.74, 6) is 0.634. The van der Waals surface area contributed by atoms with Crippen LogP contribution < -0.4 is 4.73 Å². The van der Waals surface area contributed by atoms with E-state index in [1.54, 1.807) is 6.92 Å². The van der Waals surface area contributed by atoms with E-state index in [9.17, 15) is 5.21 Å². The smallest absolute Gasteiger partial charge is 0.346 e. The van der Waals surface area contributed by atoms with Gasteiger partial charge in [0.05, 0.1) is 0 Å². The molecule has 0 fully saturated rings. The average Bonchev–Trinajstić information content (AvgIpc) is 1.87. The van der Waals surface area contributed by atoms with Crippen LogP contribution >= 0.6 is 0 Å². The third-order valence-corrected chi connectivity index (χ3v) is 0.652. The van der Waals surface area contributed by atoms with Crippen molar-refractivity contribution in [2.75, 3.05) is 0 Å². The maximum atomic E-state index is 10.1. The maximum absolute atomic E-state index is 10.1. The normalized spacial score (nSPS) is 9.29. The van der Waals surface area contributed by atoms with Crippen molar-refractivity contribution in [2.45, 2.75) is 6.92 Å². The summed E-state index contributed by atoms with van der Waals surface area (Å²) in [6, 6.07) is 0. The lowest BCUT2D eigenvalue weighted by Crippen LogP contribution is -2.19. The van der Waals surface area contributed by atoms with E-state index in [2.05, 4.69) is 4.42 Å². The summed E-state index contributed by atoms with van der Waals surface area (Å²) < 4.78 is 5.23. The van der Waals surface area contributed by atoms with E-state index in [0.717, 1.165) is 6.39 Å². The van der Waals surface area contributed by atoms with Crippen molar-refractivity contribution < 1.29 is 9.15 Å². The maximum Gasteiger partial charge on any atom is 0.346 e. The zero-order valence-electron chi connectivity index (χ0n) is 3.92. The second-order valence-corrected chi connectivity index (χ2v) is 1.32. The van der Waals surface area contributed by atoms with Gasteiger partial charge < -0.3 is 9.62 Å². The molecule has 0 saturated carbocycles. The Balaban J connectivity index is 3.04. The van der Waals surface area contributed by atoms with Gasteiger partial charge in [-0.1, -0.05) is 0 Å². The van der Waals surface area contributed by atoms with Crippen LogP contribution in [0.25, 0.3) is 0 Å². The number of hydrogen-bond donors (Lipinski definition) is 0. The molecule has 0 spiro atoms. The molecule has 1 heterocycles. The molecule has 0 aliphatic rings. The predicted molar refractivity (Wildman–Crippen MR) is 22.4 cm³/mol. The highest BCUT2D eigenvalue weighted by molar-refractivity contribution is 4.75. The number of aryl methyl sites for hydroxylation is 1. The number of nitrogens with zero attached hydrogens (tertiary/aromatic N) is 1. The van der Waals surface area contributed by atoms with E-state index in [1.807, 2.05) is 0 Å². The Bertz CT molecular complexity index is 142. The van der Waals surface area contributed by atoms with Crippen LogP contribution in [-0.4, -0.2) is 0 Å². The fraction of sp³-hybridized carbons (Fsp3) is 0.250. The van der Waals surface area contributed by atoms with Crippen LogP contribution in [0.4, 0.5) is 0 Å². The molecule has 0 aromatic carbocycles. The van der Waals surface area contributed by atoms with E-state index in [1.165, 1.54) is 6.20 Å². The molecular formula is C4H5NO2. The van der Waals surface area contributed by atoms with Gasteiger partial charge in [-0.3, -0.25) is 0 Å². The monoisotopic (exact) mass is 99.0 g/mol. The second kappa shape index (κ2) is 1.26. The fourth-order valence-electron chi connectivity index (χ4n) is 0.375. The molecule has 38 valence electrons. The molecule has 0 radical (unpaired) electrons. The molecular weight excluding hydrogens is 94.0 g/mol. The Labute approximate surface area is 40.8 Å². The van der Waals surface area contributed by atoms with Crippen molar-refractivity contribution in [3.05, 3.63) is 23.6 Å². The quantitative estimate of drug-likeness (QED) is 0.345. The molecule has 7 heavy (non-hydrogen) atoms. The Morgan fingerprint density at radius 3 is 2.71 bits per heavy atom. The highest BCUT2D eigenvalue weighted by Crippen LogP contribution is 1.86. The van der Waals surface area contributed by atoms with Crippen LogP contribution in [0.3, 0.4) is 0 Å². The van der Waals surface area contributed by atoms with Crippen LogP contribution in [-0.2, 0) is 0 Å². The summed E-state index contributed by atoms with van der Waals surface area (Å²) in [6.45, 7) is 1.72. The minimum absolute atomic E-state index is 0.620. The zero-order valence-corrected chi connectivity index (χ0v) is 3.92. The van der Waals surface area contributed by atoms with E-state index in [4.69, 9.17) is 0 Å². The lowest BCUT2D eigenvalue weighted by Gasteiger charge is -1.77. The average molecular weight is 99.1 g/mol. The van der Waals surface area contributed by atoms with Gasteiger partial charge >= 0.3 is 6.39 Å². The van der Waals surface area contributed by atoms with Crippen molar-refractivity contribution >= 4 is 0 Å². The van der Waals surface area contributed by atoms with Gasteiger partial charge in [0.2, 0.25) is 6.20 Å². The molecule has 3 nitrogen and oxygen atoms in total. The van der Waals surface area contributed by atoms with Crippen LogP contribution in [0.15, 0.2) is 17.0 Å². The largest absolute Gasteiger partial charge is 0.616 e. The Morgan fingerprint density at radius 2 is 2.57 bits per heavy atom. The van der Waals surface area contributed by atoms with E-state index < -0.39 is 0 Å².